The number of carbonyl (C=O) groups excluding carboxylic acids is 1. The van der Waals surface area contributed by atoms with Crippen LogP contribution in [0.15, 0.2) is 12.2 Å². The van der Waals surface area contributed by atoms with E-state index in [-0.39, 0.29) is 12.5 Å². The molecule has 0 radical (unpaired) electrons. The predicted octanol–water partition coefficient (Wildman–Crippen LogP) is 10.9. The monoisotopic (exact) mass is 638 g/mol. The van der Waals surface area contributed by atoms with E-state index in [1.165, 1.54) is 148 Å². The Bertz CT molecular complexity index is 625. The molecule has 0 bridgehead atoms. The molecular weight excluding hydrogens is 558 g/mol. The number of unbranched alkanes of at least 4 members (excludes halogenated alkanes) is 26. The van der Waals surface area contributed by atoms with Crippen molar-refractivity contribution in [3.63, 3.8) is 0 Å². The number of nitrogens with one attached hydrogen (secondary N) is 1. The summed E-state index contributed by atoms with van der Waals surface area (Å²) in [6, 6.07) is -0.819. The Kier molecular flexibility index (Phi) is 35.2. The molecule has 3 atom stereocenters. The van der Waals surface area contributed by atoms with E-state index in [9.17, 15) is 20.1 Å². The van der Waals surface area contributed by atoms with E-state index in [1.54, 1.807) is 0 Å². The van der Waals surface area contributed by atoms with Crippen LogP contribution in [0, 0.1) is 0 Å². The Labute approximate surface area is 280 Å². The summed E-state index contributed by atoms with van der Waals surface area (Å²) >= 11 is 0. The molecule has 0 aliphatic rings. The summed E-state index contributed by atoms with van der Waals surface area (Å²) in [6.45, 7) is 4.16. The van der Waals surface area contributed by atoms with Crippen LogP contribution < -0.4 is 5.32 Å². The van der Waals surface area contributed by atoms with E-state index >= 15 is 0 Å². The van der Waals surface area contributed by atoms with Gasteiger partial charge in [-0.3, -0.25) is 4.79 Å². The zero-order chi connectivity index (χ0) is 33.1. The summed E-state index contributed by atoms with van der Waals surface area (Å²) in [5.41, 5.74) is 0. The summed E-state index contributed by atoms with van der Waals surface area (Å²) in [4.78, 5) is 12.4. The standard InChI is InChI=1S/C40H79NO4/c1-3-5-7-9-11-13-15-17-18-19-20-21-22-23-25-27-29-31-33-35-39(44)41-37(36-42)40(45)38(43)34-32-30-28-26-24-16-14-12-10-8-6-4-2/h26,28,37-38,40,42-43,45H,3-25,27,29-36H2,1-2H3,(H,41,44)/b28-26+/t37-,38+,40-/m0/s1. The van der Waals surface area contributed by atoms with Crippen LogP contribution in [-0.2, 0) is 4.79 Å². The second kappa shape index (κ2) is 35.9. The largest absolute Gasteiger partial charge is 0.394 e. The first-order valence-electron chi connectivity index (χ1n) is 20.0. The quantitative estimate of drug-likeness (QED) is 0.0406. The first-order valence-corrected chi connectivity index (χ1v) is 20.0. The molecule has 0 aromatic heterocycles. The molecular formula is C40H79NO4. The molecule has 0 saturated carbocycles. The molecule has 0 heterocycles. The SMILES string of the molecule is CCCCCCCCC/C=C/CCC[C@@H](O)[C@@H](O)[C@H](CO)NC(=O)CCCCCCCCCCCCCCCCCCCCC. The van der Waals surface area contributed by atoms with Crippen LogP contribution in [0.25, 0.3) is 0 Å². The van der Waals surface area contributed by atoms with Crippen LogP contribution in [0.5, 0.6) is 0 Å². The van der Waals surface area contributed by atoms with Gasteiger partial charge >= 0.3 is 0 Å². The average molecular weight is 638 g/mol. The summed E-state index contributed by atoms with van der Waals surface area (Å²) in [7, 11) is 0. The third-order valence-corrected chi connectivity index (χ3v) is 9.37. The number of allylic oxidation sites excluding steroid dienone is 2. The maximum Gasteiger partial charge on any atom is 0.220 e. The van der Waals surface area contributed by atoms with Gasteiger partial charge in [0.25, 0.3) is 0 Å². The van der Waals surface area contributed by atoms with Crippen molar-refractivity contribution in [1.29, 1.82) is 0 Å². The lowest BCUT2D eigenvalue weighted by Gasteiger charge is -2.26. The lowest BCUT2D eigenvalue weighted by atomic mass is 10.0. The highest BCUT2D eigenvalue weighted by Crippen LogP contribution is 2.16. The highest BCUT2D eigenvalue weighted by Gasteiger charge is 2.26. The molecule has 268 valence electrons. The van der Waals surface area contributed by atoms with Gasteiger partial charge in [-0.15, -0.1) is 0 Å². The minimum absolute atomic E-state index is 0.152. The second-order valence-electron chi connectivity index (χ2n) is 13.8. The van der Waals surface area contributed by atoms with E-state index in [2.05, 4.69) is 31.3 Å². The second-order valence-corrected chi connectivity index (χ2v) is 13.8. The van der Waals surface area contributed by atoms with Crippen molar-refractivity contribution in [2.24, 2.45) is 0 Å². The summed E-state index contributed by atoms with van der Waals surface area (Å²) < 4.78 is 0. The van der Waals surface area contributed by atoms with Gasteiger partial charge in [0, 0.05) is 6.42 Å². The molecule has 0 saturated heterocycles. The number of aliphatic hydroxyl groups is 3. The minimum atomic E-state index is -1.15. The molecule has 0 aromatic carbocycles. The van der Waals surface area contributed by atoms with Gasteiger partial charge < -0.3 is 20.6 Å². The van der Waals surface area contributed by atoms with Crippen molar-refractivity contribution in [2.45, 2.75) is 231 Å². The van der Waals surface area contributed by atoms with E-state index in [0.717, 1.165) is 38.5 Å². The number of hydrogen-bond donors (Lipinski definition) is 4. The zero-order valence-corrected chi connectivity index (χ0v) is 30.3. The van der Waals surface area contributed by atoms with Gasteiger partial charge in [-0.1, -0.05) is 180 Å². The van der Waals surface area contributed by atoms with Crippen molar-refractivity contribution in [3.05, 3.63) is 12.2 Å². The van der Waals surface area contributed by atoms with E-state index in [0.29, 0.717) is 12.8 Å². The van der Waals surface area contributed by atoms with Gasteiger partial charge in [-0.25, -0.2) is 0 Å². The Hall–Kier alpha value is -0.910. The number of hydrogen-bond acceptors (Lipinski definition) is 4. The van der Waals surface area contributed by atoms with E-state index in [4.69, 9.17) is 0 Å². The molecule has 1 amide bonds. The summed E-state index contributed by atoms with van der Waals surface area (Å²) in [6.07, 6.45) is 40.3. The van der Waals surface area contributed by atoms with Crippen molar-refractivity contribution in [2.75, 3.05) is 6.61 Å². The molecule has 0 fully saturated rings. The van der Waals surface area contributed by atoms with Gasteiger partial charge in [0.05, 0.1) is 18.8 Å². The maximum absolute atomic E-state index is 12.4. The molecule has 0 unspecified atom stereocenters. The number of amides is 1. The number of rotatable bonds is 36. The molecule has 0 aliphatic carbocycles. The van der Waals surface area contributed by atoms with E-state index < -0.39 is 18.2 Å². The first kappa shape index (κ1) is 44.1. The number of aliphatic hydroxyl groups excluding tert-OH is 3. The summed E-state index contributed by atoms with van der Waals surface area (Å²) in [5.74, 6) is -0.152. The lowest BCUT2D eigenvalue weighted by Crippen LogP contribution is -2.50. The van der Waals surface area contributed by atoms with Crippen LogP contribution >= 0.6 is 0 Å². The number of carbonyl (C=O) groups is 1. The molecule has 4 N–H and O–H groups in total. The fourth-order valence-corrected chi connectivity index (χ4v) is 6.22. The fourth-order valence-electron chi connectivity index (χ4n) is 6.22. The minimum Gasteiger partial charge on any atom is -0.394 e. The third kappa shape index (κ3) is 31.5. The van der Waals surface area contributed by atoms with Crippen molar-refractivity contribution in [3.8, 4) is 0 Å². The van der Waals surface area contributed by atoms with Gasteiger partial charge in [0.15, 0.2) is 0 Å². The third-order valence-electron chi connectivity index (χ3n) is 9.37. The Balaban J connectivity index is 3.64. The van der Waals surface area contributed by atoms with Gasteiger partial charge in [-0.2, -0.15) is 0 Å². The molecule has 0 aromatic rings. The summed E-state index contributed by atoms with van der Waals surface area (Å²) in [5, 5.41) is 33.3. The average Bonchev–Trinajstić information content (AvgIpc) is 3.04. The van der Waals surface area contributed by atoms with Gasteiger partial charge in [0.1, 0.15) is 6.10 Å². The van der Waals surface area contributed by atoms with E-state index in [1.807, 2.05) is 0 Å². The van der Waals surface area contributed by atoms with Gasteiger partial charge in [-0.05, 0) is 38.5 Å². The van der Waals surface area contributed by atoms with Gasteiger partial charge in [0.2, 0.25) is 5.91 Å². The van der Waals surface area contributed by atoms with Crippen LogP contribution in [0.2, 0.25) is 0 Å². The normalized spacial score (nSPS) is 13.8. The van der Waals surface area contributed by atoms with Crippen LogP contribution in [0.1, 0.15) is 213 Å². The molecule has 5 heteroatoms. The Morgan fingerprint density at radius 3 is 1.29 bits per heavy atom. The van der Waals surface area contributed by atoms with Crippen LogP contribution in [0.4, 0.5) is 0 Å². The molecule has 0 rings (SSSR count). The maximum atomic E-state index is 12.4. The first-order chi connectivity index (χ1) is 22.1. The molecule has 5 nitrogen and oxygen atoms in total. The van der Waals surface area contributed by atoms with Crippen LogP contribution in [0.3, 0.4) is 0 Å². The Morgan fingerprint density at radius 2 is 0.889 bits per heavy atom. The highest BCUT2D eigenvalue weighted by molar-refractivity contribution is 5.76. The smallest absolute Gasteiger partial charge is 0.220 e. The Morgan fingerprint density at radius 1 is 0.533 bits per heavy atom. The topological polar surface area (TPSA) is 89.8 Å². The fraction of sp³-hybridized carbons (Fsp3) is 0.925. The molecule has 0 spiro atoms. The van der Waals surface area contributed by atoms with Crippen LogP contribution in [-0.4, -0.2) is 46.1 Å². The predicted molar refractivity (Wildman–Crippen MR) is 195 cm³/mol. The highest BCUT2D eigenvalue weighted by atomic mass is 16.3. The van der Waals surface area contributed by atoms with Crippen molar-refractivity contribution < 1.29 is 20.1 Å². The lowest BCUT2D eigenvalue weighted by molar-refractivity contribution is -0.124. The van der Waals surface area contributed by atoms with Crippen molar-refractivity contribution in [1.82, 2.24) is 5.32 Å². The molecule has 0 aliphatic heterocycles. The van der Waals surface area contributed by atoms with Crippen molar-refractivity contribution >= 4 is 5.91 Å². The zero-order valence-electron chi connectivity index (χ0n) is 30.3. The molecule has 45 heavy (non-hydrogen) atoms.